The molecule has 1 aromatic rings. The maximum Gasteiger partial charge on any atom is 0.135 e. The number of nitrogens with zero attached hydrogens (tertiary/aromatic N) is 3. The number of aromatic nitrogens is 2. The van der Waals surface area contributed by atoms with Gasteiger partial charge in [0.1, 0.15) is 17.5 Å². The lowest BCUT2D eigenvalue weighted by atomic mass is 10.1. The van der Waals surface area contributed by atoms with Gasteiger partial charge in [0.2, 0.25) is 0 Å². The number of aliphatic hydroxyl groups excluding tert-OH is 1. The number of β-amino-alcohol motifs (C(OH)–C–C–N with tert-alkyl or cyclic N) is 1. The van der Waals surface area contributed by atoms with E-state index in [0.29, 0.717) is 12.4 Å². The number of aliphatic hydroxyl groups is 1. The van der Waals surface area contributed by atoms with E-state index >= 15 is 0 Å². The molecule has 1 unspecified atom stereocenters. The van der Waals surface area contributed by atoms with Crippen LogP contribution in [0.3, 0.4) is 0 Å². The summed E-state index contributed by atoms with van der Waals surface area (Å²) >= 11 is 0. The van der Waals surface area contributed by atoms with Crippen LogP contribution in [0.5, 0.6) is 0 Å². The highest BCUT2D eigenvalue weighted by atomic mass is 16.3. The molecule has 1 fully saturated rings. The lowest BCUT2D eigenvalue weighted by molar-refractivity contribution is 0.154. The molecule has 0 aliphatic carbocycles. The van der Waals surface area contributed by atoms with Crippen molar-refractivity contribution in [2.75, 3.05) is 23.7 Å². The fourth-order valence-corrected chi connectivity index (χ4v) is 2.05. The van der Waals surface area contributed by atoms with Crippen molar-refractivity contribution in [3.05, 3.63) is 11.9 Å². The quantitative estimate of drug-likeness (QED) is 0.805. The Hall–Kier alpha value is -1.36. The number of nitrogen functional groups attached to an aromatic ring is 1. The largest absolute Gasteiger partial charge is 0.391 e. The number of piperidine rings is 1. The van der Waals surface area contributed by atoms with Crippen LogP contribution in [-0.2, 0) is 0 Å². The predicted molar refractivity (Wildman–Crippen MR) is 68.0 cm³/mol. The van der Waals surface area contributed by atoms with Crippen LogP contribution in [0.4, 0.5) is 11.6 Å². The third kappa shape index (κ3) is 2.85. The second-order valence-corrected chi connectivity index (χ2v) is 4.91. The molecule has 1 atom stereocenters. The SMILES string of the molecule is CC(C)c1nc(N)cc(N2CCCC(O)C2)n1. The summed E-state index contributed by atoms with van der Waals surface area (Å²) in [4.78, 5) is 10.8. The number of nitrogens with two attached hydrogens (primary N) is 1. The van der Waals surface area contributed by atoms with E-state index in [1.165, 1.54) is 0 Å². The standard InChI is InChI=1S/C12H20N4O/c1-8(2)12-14-10(13)6-11(15-12)16-5-3-4-9(17)7-16/h6,8-9,17H,3-5,7H2,1-2H3,(H2,13,14,15). The average molecular weight is 236 g/mol. The number of rotatable bonds is 2. The topological polar surface area (TPSA) is 75.3 Å². The monoisotopic (exact) mass is 236 g/mol. The lowest BCUT2D eigenvalue weighted by Gasteiger charge is -2.31. The Bertz CT molecular complexity index is 394. The minimum Gasteiger partial charge on any atom is -0.391 e. The Kier molecular flexibility index (Phi) is 3.47. The molecule has 1 aromatic heterocycles. The molecule has 0 bridgehead atoms. The van der Waals surface area contributed by atoms with E-state index in [1.54, 1.807) is 6.07 Å². The van der Waals surface area contributed by atoms with Gasteiger partial charge in [0.15, 0.2) is 0 Å². The molecule has 1 saturated heterocycles. The molecule has 3 N–H and O–H groups in total. The summed E-state index contributed by atoms with van der Waals surface area (Å²) in [6, 6.07) is 1.78. The zero-order chi connectivity index (χ0) is 12.4. The molecule has 0 amide bonds. The van der Waals surface area contributed by atoms with Gasteiger partial charge in [0.05, 0.1) is 6.10 Å². The van der Waals surface area contributed by atoms with Crippen LogP contribution in [0.15, 0.2) is 6.07 Å². The first-order valence-electron chi connectivity index (χ1n) is 6.13. The Balaban J connectivity index is 2.25. The Labute approximate surface area is 102 Å². The van der Waals surface area contributed by atoms with Crippen molar-refractivity contribution in [3.8, 4) is 0 Å². The Morgan fingerprint density at radius 2 is 2.24 bits per heavy atom. The highest BCUT2D eigenvalue weighted by Crippen LogP contribution is 2.21. The van der Waals surface area contributed by atoms with Crippen molar-refractivity contribution >= 4 is 11.6 Å². The minimum absolute atomic E-state index is 0.256. The molecule has 94 valence electrons. The fraction of sp³-hybridized carbons (Fsp3) is 0.667. The van der Waals surface area contributed by atoms with Crippen molar-refractivity contribution < 1.29 is 5.11 Å². The third-order valence-electron chi connectivity index (χ3n) is 2.99. The highest BCUT2D eigenvalue weighted by molar-refractivity contribution is 5.47. The molecule has 2 heterocycles. The van der Waals surface area contributed by atoms with Gasteiger partial charge in [-0.1, -0.05) is 13.8 Å². The van der Waals surface area contributed by atoms with Gasteiger partial charge >= 0.3 is 0 Å². The van der Waals surface area contributed by atoms with E-state index in [2.05, 4.69) is 14.9 Å². The van der Waals surface area contributed by atoms with Gasteiger partial charge in [0.25, 0.3) is 0 Å². The summed E-state index contributed by atoms with van der Waals surface area (Å²) in [7, 11) is 0. The van der Waals surface area contributed by atoms with Crippen LogP contribution in [0.25, 0.3) is 0 Å². The molecular weight excluding hydrogens is 216 g/mol. The van der Waals surface area contributed by atoms with Gasteiger partial charge in [-0.05, 0) is 12.8 Å². The molecule has 17 heavy (non-hydrogen) atoms. The summed E-state index contributed by atoms with van der Waals surface area (Å²) in [5.74, 6) is 2.35. The number of anilines is 2. The maximum absolute atomic E-state index is 9.67. The molecule has 5 heteroatoms. The normalized spacial score (nSPS) is 20.9. The first-order chi connectivity index (χ1) is 8.06. The van der Waals surface area contributed by atoms with Crippen molar-refractivity contribution in [3.63, 3.8) is 0 Å². The first-order valence-corrected chi connectivity index (χ1v) is 6.13. The van der Waals surface area contributed by atoms with E-state index in [4.69, 9.17) is 5.73 Å². The second-order valence-electron chi connectivity index (χ2n) is 4.91. The minimum atomic E-state index is -0.262. The van der Waals surface area contributed by atoms with E-state index in [1.807, 2.05) is 13.8 Å². The molecule has 0 radical (unpaired) electrons. The van der Waals surface area contributed by atoms with Crippen molar-refractivity contribution in [1.29, 1.82) is 0 Å². The zero-order valence-corrected chi connectivity index (χ0v) is 10.4. The van der Waals surface area contributed by atoms with E-state index in [-0.39, 0.29) is 12.0 Å². The molecular formula is C12H20N4O. The molecule has 0 spiro atoms. The first kappa shape index (κ1) is 12.1. The summed E-state index contributed by atoms with van der Waals surface area (Å²) in [5.41, 5.74) is 5.80. The van der Waals surface area contributed by atoms with Crippen molar-refractivity contribution in [2.45, 2.75) is 38.7 Å². The van der Waals surface area contributed by atoms with Crippen LogP contribution in [0.2, 0.25) is 0 Å². The van der Waals surface area contributed by atoms with E-state index in [9.17, 15) is 5.11 Å². The van der Waals surface area contributed by atoms with Gasteiger partial charge in [-0.2, -0.15) is 0 Å². The fourth-order valence-electron chi connectivity index (χ4n) is 2.05. The van der Waals surface area contributed by atoms with E-state index < -0.39 is 0 Å². The summed E-state index contributed by atoms with van der Waals surface area (Å²) in [6.07, 6.45) is 1.60. The Morgan fingerprint density at radius 3 is 2.88 bits per heavy atom. The van der Waals surface area contributed by atoms with Crippen LogP contribution in [0.1, 0.15) is 38.4 Å². The molecule has 2 rings (SSSR count). The third-order valence-corrected chi connectivity index (χ3v) is 2.99. The predicted octanol–water partition coefficient (Wildman–Crippen LogP) is 1.14. The Morgan fingerprint density at radius 1 is 1.47 bits per heavy atom. The average Bonchev–Trinajstić information content (AvgIpc) is 2.28. The van der Waals surface area contributed by atoms with Gasteiger partial charge in [-0.15, -0.1) is 0 Å². The second kappa shape index (κ2) is 4.87. The summed E-state index contributed by atoms with van der Waals surface area (Å²) < 4.78 is 0. The van der Waals surface area contributed by atoms with E-state index in [0.717, 1.165) is 31.0 Å². The van der Waals surface area contributed by atoms with Gasteiger partial charge in [0, 0.05) is 25.1 Å². The molecule has 1 aliphatic rings. The summed E-state index contributed by atoms with van der Waals surface area (Å²) in [6.45, 7) is 5.65. The maximum atomic E-state index is 9.67. The van der Waals surface area contributed by atoms with Crippen LogP contribution < -0.4 is 10.6 Å². The van der Waals surface area contributed by atoms with Gasteiger partial charge < -0.3 is 15.7 Å². The lowest BCUT2D eigenvalue weighted by Crippen LogP contribution is -2.38. The van der Waals surface area contributed by atoms with Crippen LogP contribution in [-0.4, -0.2) is 34.3 Å². The highest BCUT2D eigenvalue weighted by Gasteiger charge is 2.20. The van der Waals surface area contributed by atoms with Crippen molar-refractivity contribution in [1.82, 2.24) is 9.97 Å². The molecule has 0 saturated carbocycles. The van der Waals surface area contributed by atoms with Gasteiger partial charge in [-0.3, -0.25) is 0 Å². The molecule has 0 aromatic carbocycles. The smallest absolute Gasteiger partial charge is 0.135 e. The molecule has 5 nitrogen and oxygen atoms in total. The molecule has 1 aliphatic heterocycles. The zero-order valence-electron chi connectivity index (χ0n) is 10.4. The number of hydrogen-bond acceptors (Lipinski definition) is 5. The van der Waals surface area contributed by atoms with Crippen LogP contribution >= 0.6 is 0 Å². The van der Waals surface area contributed by atoms with Crippen LogP contribution in [0, 0.1) is 0 Å². The van der Waals surface area contributed by atoms with Gasteiger partial charge in [-0.25, -0.2) is 9.97 Å². The van der Waals surface area contributed by atoms with Crippen molar-refractivity contribution in [2.24, 2.45) is 0 Å². The number of hydrogen-bond donors (Lipinski definition) is 2. The summed E-state index contributed by atoms with van der Waals surface area (Å²) in [5, 5.41) is 9.67.